The number of benzene rings is 4. The van der Waals surface area contributed by atoms with Crippen molar-refractivity contribution in [2.75, 3.05) is 0 Å². The molecule has 4 aromatic rings. The largest absolute Gasteiger partial charge is 1.00 e. The Hall–Kier alpha value is -3.65. The Morgan fingerprint density at radius 3 is 2.50 bits per heavy atom. The van der Waals surface area contributed by atoms with E-state index in [2.05, 4.69) is 38.4 Å². The van der Waals surface area contributed by atoms with E-state index in [4.69, 9.17) is 14.6 Å². The van der Waals surface area contributed by atoms with E-state index in [1.807, 2.05) is 84.9 Å². The predicted octanol–water partition coefficient (Wildman–Crippen LogP) is 4.35. The first-order chi connectivity index (χ1) is 19.8. The van der Waals surface area contributed by atoms with Gasteiger partial charge in [-0.1, -0.05) is 58.4 Å². The number of nitrogens with one attached hydrogen (secondary N) is 1. The molecule has 0 bridgehead atoms. The molecule has 204 valence electrons. The maximum absolute atomic E-state index is 12.6. The Labute approximate surface area is 278 Å². The fraction of sp³-hybridized carbons (Fsp3) is 0.0625. The number of carboxylic acids is 1. The molecule has 0 saturated carbocycles. The van der Waals surface area contributed by atoms with Crippen molar-refractivity contribution in [3.8, 4) is 22.9 Å². The molecule has 0 atom stereocenters. The fourth-order valence-corrected chi connectivity index (χ4v) is 4.94. The van der Waals surface area contributed by atoms with Gasteiger partial charge in [0, 0.05) is 17.0 Å². The topological polar surface area (TPSA) is 112 Å². The van der Waals surface area contributed by atoms with Crippen LogP contribution in [-0.2, 0) is 16.2 Å². The summed E-state index contributed by atoms with van der Waals surface area (Å²) in [5, 5.41) is 20.1. The zero-order valence-corrected chi connectivity index (χ0v) is 27.2. The number of carbonyl (C=O) groups is 2. The smallest absolute Gasteiger partial charge is 0.488 e. The summed E-state index contributed by atoms with van der Waals surface area (Å²) >= 11 is 4.80. The molecule has 0 unspecified atom stereocenters. The number of carboxylic acid groups (broad SMARTS) is 1. The molecule has 0 radical (unpaired) electrons. The number of ether oxygens (including phenoxy) is 1. The van der Waals surface area contributed by atoms with E-state index in [9.17, 15) is 10.1 Å². The number of nitriles is 1. The number of aliphatic imine (C=N–C) groups is 1. The van der Waals surface area contributed by atoms with Crippen LogP contribution in [0.4, 0.5) is 5.69 Å². The minimum Gasteiger partial charge on any atom is -0.488 e. The van der Waals surface area contributed by atoms with Crippen LogP contribution < -0.4 is 39.6 Å². The predicted molar refractivity (Wildman–Crippen MR) is 164 cm³/mol. The summed E-state index contributed by atoms with van der Waals surface area (Å²) in [5.41, 5.74) is 5.04. The molecular weight excluding hydrogens is 625 g/mol. The van der Waals surface area contributed by atoms with Crippen molar-refractivity contribution in [2.24, 2.45) is 4.99 Å². The van der Waals surface area contributed by atoms with Gasteiger partial charge in [-0.05, 0) is 64.5 Å². The summed E-state index contributed by atoms with van der Waals surface area (Å²) in [6.07, 6.45) is 1.81. The van der Waals surface area contributed by atoms with Gasteiger partial charge in [-0.25, -0.2) is 0 Å². The van der Waals surface area contributed by atoms with Gasteiger partial charge in [-0.2, -0.15) is 23.5 Å². The zero-order chi connectivity index (χ0) is 29.2. The van der Waals surface area contributed by atoms with Gasteiger partial charge in [0.05, 0.1) is 16.5 Å². The average Bonchev–Trinajstić information content (AvgIpc) is 3.31. The Balaban J connectivity index is 0.000000911. The summed E-state index contributed by atoms with van der Waals surface area (Å²) in [6.45, 7) is 1.44. The third kappa shape index (κ3) is 9.44. The van der Waals surface area contributed by atoms with Crippen molar-refractivity contribution in [3.05, 3.63) is 123 Å². The summed E-state index contributed by atoms with van der Waals surface area (Å²) in [4.78, 5) is 26.6. The standard InChI is InChI=1S/C30H19BrN3O2S.C2H4O2.Na/c31-24-14-15-27(36-19-20-10-12-21(13-11-20)26-9-5-4-6-22(26)18-32)23(16-24)17-28-29(35)34-30(37-28)33-25-7-2-1-3-8-25;1-2(3)4;/h2-17H,19H2,(H,33,34,35);1H3,(H,3,4);/q-1;;+1/b28-17+;;. The Morgan fingerprint density at radius 1 is 1.12 bits per heavy atom. The van der Waals surface area contributed by atoms with Gasteiger partial charge in [0.15, 0.2) is 5.17 Å². The molecule has 1 heterocycles. The second kappa shape index (κ2) is 16.1. The number of nitrogens with zero attached hydrogens (tertiary/aromatic N) is 2. The van der Waals surface area contributed by atoms with Crippen molar-refractivity contribution in [2.45, 2.75) is 13.5 Å². The van der Waals surface area contributed by atoms with Gasteiger partial charge in [-0.3, -0.25) is 14.6 Å². The molecule has 1 amide bonds. The summed E-state index contributed by atoms with van der Waals surface area (Å²) in [5.74, 6) is -0.377. The van der Waals surface area contributed by atoms with Crippen molar-refractivity contribution < 1.29 is 49.0 Å². The van der Waals surface area contributed by atoms with Crippen LogP contribution in [0.5, 0.6) is 5.75 Å². The molecule has 0 spiro atoms. The molecule has 42 heavy (non-hydrogen) atoms. The number of halogens is 1. The molecule has 1 saturated heterocycles. The number of aliphatic carboxylic acids is 1. The Kier molecular flexibility index (Phi) is 12.6. The van der Waals surface area contributed by atoms with Crippen LogP contribution in [0.3, 0.4) is 0 Å². The molecular formula is C32H23BrN3NaO4S. The van der Waals surface area contributed by atoms with Gasteiger partial charge < -0.3 is 15.2 Å². The Bertz CT molecular complexity index is 1670. The number of rotatable bonds is 6. The number of thioether (sulfide) groups is 1. The average molecular weight is 649 g/mol. The summed E-state index contributed by atoms with van der Waals surface area (Å²) in [6, 6.07) is 33.6. The minimum atomic E-state index is -0.833. The third-order valence-electron chi connectivity index (χ3n) is 5.55. The SMILES string of the molecule is CC(=O)O.N#Cc1ccccc1-c1ccc(COc2ccc(Br)cc2/C=C2/SC(=Nc3cc[c-]cc3)NC2=O)cc1.[Na+]. The number of amides is 1. The Morgan fingerprint density at radius 2 is 1.81 bits per heavy atom. The van der Waals surface area contributed by atoms with Gasteiger partial charge in [-0.15, -0.1) is 12.1 Å². The molecule has 2 N–H and O–H groups in total. The van der Waals surface area contributed by atoms with Crippen LogP contribution in [0, 0.1) is 17.4 Å². The summed E-state index contributed by atoms with van der Waals surface area (Å²) < 4.78 is 7.02. The van der Waals surface area contributed by atoms with Gasteiger partial charge in [0.25, 0.3) is 11.9 Å². The molecule has 1 aliphatic heterocycles. The molecule has 0 aromatic heterocycles. The van der Waals surface area contributed by atoms with Crippen LogP contribution >= 0.6 is 27.7 Å². The van der Waals surface area contributed by atoms with Crippen molar-refractivity contribution in [1.29, 1.82) is 5.26 Å². The summed E-state index contributed by atoms with van der Waals surface area (Å²) in [7, 11) is 0. The number of hydrogen-bond donors (Lipinski definition) is 2. The normalized spacial score (nSPS) is 13.8. The van der Waals surface area contributed by atoms with E-state index in [-0.39, 0.29) is 35.5 Å². The first kappa shape index (κ1) is 32.9. The van der Waals surface area contributed by atoms with Crippen LogP contribution in [0.1, 0.15) is 23.6 Å². The van der Waals surface area contributed by atoms with Crippen LogP contribution in [0.25, 0.3) is 17.2 Å². The molecule has 4 aromatic carbocycles. The van der Waals surface area contributed by atoms with Gasteiger partial charge in [0.1, 0.15) is 12.4 Å². The second-order valence-corrected chi connectivity index (χ2v) is 10.5. The first-order valence-corrected chi connectivity index (χ1v) is 13.9. The second-order valence-electron chi connectivity index (χ2n) is 8.58. The maximum Gasteiger partial charge on any atom is 1.00 e. The van der Waals surface area contributed by atoms with Crippen molar-refractivity contribution in [3.63, 3.8) is 0 Å². The van der Waals surface area contributed by atoms with E-state index in [0.717, 1.165) is 39.3 Å². The molecule has 1 aliphatic rings. The molecule has 5 rings (SSSR count). The molecule has 7 nitrogen and oxygen atoms in total. The van der Waals surface area contributed by atoms with Crippen molar-refractivity contribution >= 4 is 56.5 Å². The molecule has 1 fully saturated rings. The quantitative estimate of drug-likeness (QED) is 0.183. The van der Waals surface area contributed by atoms with E-state index in [1.54, 1.807) is 12.1 Å². The number of hydrogen-bond acceptors (Lipinski definition) is 6. The third-order valence-corrected chi connectivity index (χ3v) is 6.95. The van der Waals surface area contributed by atoms with Gasteiger partial charge >= 0.3 is 29.6 Å². The maximum atomic E-state index is 12.6. The van der Waals surface area contributed by atoms with Crippen LogP contribution in [0.15, 0.2) is 105 Å². The zero-order valence-electron chi connectivity index (χ0n) is 22.8. The molecule has 10 heteroatoms. The van der Waals surface area contributed by atoms with Crippen molar-refractivity contribution in [1.82, 2.24) is 5.32 Å². The van der Waals surface area contributed by atoms with E-state index >= 15 is 0 Å². The van der Waals surface area contributed by atoms with Crippen LogP contribution in [-0.4, -0.2) is 22.2 Å². The minimum absolute atomic E-state index is 0. The van der Waals surface area contributed by atoms with Crippen LogP contribution in [0.2, 0.25) is 0 Å². The monoisotopic (exact) mass is 647 g/mol. The van der Waals surface area contributed by atoms with Gasteiger partial charge in [0.2, 0.25) is 0 Å². The van der Waals surface area contributed by atoms with E-state index < -0.39 is 5.97 Å². The number of amidine groups is 1. The van der Waals surface area contributed by atoms with E-state index in [1.165, 1.54) is 11.8 Å². The number of carbonyl (C=O) groups excluding carboxylic acids is 1. The van der Waals surface area contributed by atoms with E-state index in [0.29, 0.717) is 28.0 Å². The fourth-order valence-electron chi connectivity index (χ4n) is 3.73. The first-order valence-electron chi connectivity index (χ1n) is 12.3. The molecule has 0 aliphatic carbocycles.